The fraction of sp³-hybridized carbons (Fsp3) is 0.233. The smallest absolute Gasteiger partial charge is 0.343 e. The molecule has 0 bridgehead atoms. The number of rotatable bonds is 10. The number of hydrazone groups is 1. The highest BCUT2D eigenvalue weighted by Gasteiger charge is 2.17. The third-order valence-electron chi connectivity index (χ3n) is 6.15. The Morgan fingerprint density at radius 3 is 2.38 bits per heavy atom. The van der Waals surface area contributed by atoms with Crippen LogP contribution in [0.4, 0.5) is 23.5 Å². The zero-order valence-electron chi connectivity index (χ0n) is 22.3. The van der Waals surface area contributed by atoms with Gasteiger partial charge in [-0.15, -0.1) is 0 Å². The summed E-state index contributed by atoms with van der Waals surface area (Å²) in [6.07, 6.45) is 5.04. The average Bonchev–Trinajstić information content (AvgIpc) is 3.00. The summed E-state index contributed by atoms with van der Waals surface area (Å²) in [6.45, 7) is 4.08. The molecule has 5 rings (SSSR count). The topological polar surface area (TPSA) is 114 Å². The van der Waals surface area contributed by atoms with Gasteiger partial charge < -0.3 is 19.7 Å². The summed E-state index contributed by atoms with van der Waals surface area (Å²) in [5.41, 5.74) is 5.01. The first kappa shape index (κ1) is 26.6. The second-order valence-electron chi connectivity index (χ2n) is 9.09. The van der Waals surface area contributed by atoms with Crippen molar-refractivity contribution in [2.75, 3.05) is 35.3 Å². The number of aromatic nitrogens is 3. The van der Waals surface area contributed by atoms with Crippen molar-refractivity contribution in [2.24, 2.45) is 5.10 Å². The molecule has 1 aliphatic heterocycles. The molecule has 0 radical (unpaired) electrons. The first-order valence-corrected chi connectivity index (χ1v) is 13.3. The van der Waals surface area contributed by atoms with Crippen molar-refractivity contribution in [3.8, 4) is 11.5 Å². The normalized spacial score (nSPS) is 13.2. The molecule has 0 aliphatic carbocycles. The van der Waals surface area contributed by atoms with Crippen molar-refractivity contribution in [3.05, 3.63) is 90.0 Å². The van der Waals surface area contributed by atoms with E-state index in [1.165, 1.54) is 6.42 Å². The molecular weight excluding hydrogens is 506 g/mol. The van der Waals surface area contributed by atoms with Crippen LogP contribution in [0.15, 0.2) is 84.0 Å². The Kier molecular flexibility index (Phi) is 8.77. The Bertz CT molecular complexity index is 1440. The standard InChI is InChI=1S/C30H31N7O3/c1-2-39-26-20-22(16-17-25(26)40-27(38)23-12-6-3-7-13-23)21-31-36-29-33-28(32-24-14-8-4-9-15-24)34-30(35-29)37-18-10-5-11-19-37/h3-4,6-9,12-17,20-21H,2,5,10-11,18-19H2,1H3,(H2,32,33,34,35,36)/b31-21-. The van der Waals surface area contributed by atoms with Crippen molar-refractivity contribution in [1.82, 2.24) is 15.0 Å². The molecule has 2 N–H and O–H groups in total. The molecule has 1 aliphatic rings. The quantitative estimate of drug-likeness (QED) is 0.114. The van der Waals surface area contributed by atoms with Gasteiger partial charge in [0.2, 0.25) is 17.8 Å². The first-order valence-electron chi connectivity index (χ1n) is 13.3. The maximum absolute atomic E-state index is 12.5. The average molecular weight is 538 g/mol. The lowest BCUT2D eigenvalue weighted by Gasteiger charge is -2.26. The van der Waals surface area contributed by atoms with Crippen molar-refractivity contribution >= 4 is 35.7 Å². The molecule has 0 saturated carbocycles. The molecule has 1 aromatic heterocycles. The summed E-state index contributed by atoms with van der Waals surface area (Å²) in [6, 6.07) is 23.8. The molecule has 3 aromatic carbocycles. The lowest BCUT2D eigenvalue weighted by atomic mass is 10.1. The number of carbonyl (C=O) groups is 1. The van der Waals surface area contributed by atoms with Gasteiger partial charge in [0.1, 0.15) is 0 Å². The molecule has 0 atom stereocenters. The molecule has 1 saturated heterocycles. The number of hydrogen-bond acceptors (Lipinski definition) is 10. The maximum atomic E-state index is 12.5. The van der Waals surface area contributed by atoms with Crippen molar-refractivity contribution < 1.29 is 14.3 Å². The van der Waals surface area contributed by atoms with E-state index in [0.29, 0.717) is 41.5 Å². The first-order chi connectivity index (χ1) is 19.7. The molecule has 204 valence electrons. The number of esters is 1. The zero-order chi connectivity index (χ0) is 27.6. The Labute approximate surface area is 233 Å². The lowest BCUT2D eigenvalue weighted by Crippen LogP contribution is -2.31. The fourth-order valence-electron chi connectivity index (χ4n) is 4.21. The summed E-state index contributed by atoms with van der Waals surface area (Å²) < 4.78 is 11.3. The van der Waals surface area contributed by atoms with Crippen LogP contribution in [0, 0.1) is 0 Å². The van der Waals surface area contributed by atoms with E-state index < -0.39 is 5.97 Å². The predicted molar refractivity (Wildman–Crippen MR) is 156 cm³/mol. The molecule has 4 aromatic rings. The Morgan fingerprint density at radius 2 is 1.62 bits per heavy atom. The second-order valence-corrected chi connectivity index (χ2v) is 9.09. The molecule has 10 heteroatoms. The minimum absolute atomic E-state index is 0.323. The number of nitrogens with zero attached hydrogens (tertiary/aromatic N) is 5. The summed E-state index contributed by atoms with van der Waals surface area (Å²) in [5, 5.41) is 7.60. The molecule has 0 spiro atoms. The highest BCUT2D eigenvalue weighted by atomic mass is 16.6. The number of ether oxygens (including phenoxy) is 2. The Balaban J connectivity index is 1.32. The maximum Gasteiger partial charge on any atom is 0.343 e. The van der Waals surface area contributed by atoms with Crippen molar-refractivity contribution in [1.29, 1.82) is 0 Å². The van der Waals surface area contributed by atoms with Gasteiger partial charge in [0.05, 0.1) is 18.4 Å². The predicted octanol–water partition coefficient (Wildman–Crippen LogP) is 5.67. The van der Waals surface area contributed by atoms with Gasteiger partial charge in [-0.2, -0.15) is 20.1 Å². The van der Waals surface area contributed by atoms with Crippen LogP contribution in [0.2, 0.25) is 0 Å². The summed E-state index contributed by atoms with van der Waals surface area (Å²) in [7, 11) is 0. The lowest BCUT2D eigenvalue weighted by molar-refractivity contribution is 0.0728. The minimum atomic E-state index is -0.455. The number of anilines is 4. The van der Waals surface area contributed by atoms with Crippen molar-refractivity contribution in [3.63, 3.8) is 0 Å². The van der Waals surface area contributed by atoms with Crippen molar-refractivity contribution in [2.45, 2.75) is 26.2 Å². The largest absolute Gasteiger partial charge is 0.490 e. The van der Waals surface area contributed by atoms with Gasteiger partial charge in [-0.1, -0.05) is 36.4 Å². The number of nitrogens with one attached hydrogen (secondary N) is 2. The van der Waals surface area contributed by atoms with E-state index in [0.717, 1.165) is 37.2 Å². The number of hydrogen-bond donors (Lipinski definition) is 2. The molecule has 0 unspecified atom stereocenters. The van der Waals surface area contributed by atoms with Crippen LogP contribution in [-0.4, -0.2) is 46.8 Å². The van der Waals surface area contributed by atoms with Gasteiger partial charge >= 0.3 is 5.97 Å². The number of benzene rings is 3. The van der Waals surface area contributed by atoms with Gasteiger partial charge in [-0.3, -0.25) is 0 Å². The van der Waals surface area contributed by atoms with Gasteiger partial charge in [-0.25, -0.2) is 10.2 Å². The highest BCUT2D eigenvalue weighted by Crippen LogP contribution is 2.29. The number of piperidine rings is 1. The van der Waals surface area contributed by atoms with Crippen LogP contribution in [0.1, 0.15) is 42.1 Å². The van der Waals surface area contributed by atoms with Crippen LogP contribution < -0.4 is 25.1 Å². The molecule has 2 heterocycles. The van der Waals surface area contributed by atoms with E-state index in [9.17, 15) is 4.79 Å². The Hall–Kier alpha value is -4.99. The van der Waals surface area contributed by atoms with E-state index in [1.54, 1.807) is 48.7 Å². The molecular formula is C30H31N7O3. The molecule has 40 heavy (non-hydrogen) atoms. The van der Waals surface area contributed by atoms with Crippen LogP contribution in [0.25, 0.3) is 0 Å². The van der Waals surface area contributed by atoms with Crippen LogP contribution >= 0.6 is 0 Å². The van der Waals surface area contributed by atoms with E-state index in [-0.39, 0.29) is 0 Å². The zero-order valence-corrected chi connectivity index (χ0v) is 22.3. The fourth-order valence-corrected chi connectivity index (χ4v) is 4.21. The van der Waals surface area contributed by atoms with Crippen LogP contribution in [0.5, 0.6) is 11.5 Å². The third-order valence-corrected chi connectivity index (χ3v) is 6.15. The van der Waals surface area contributed by atoms with Crippen LogP contribution in [-0.2, 0) is 0 Å². The minimum Gasteiger partial charge on any atom is -0.490 e. The van der Waals surface area contributed by atoms with E-state index in [1.807, 2.05) is 43.3 Å². The highest BCUT2D eigenvalue weighted by molar-refractivity contribution is 5.91. The molecule has 1 fully saturated rings. The van der Waals surface area contributed by atoms with Gasteiger partial charge in [-0.05, 0) is 74.2 Å². The van der Waals surface area contributed by atoms with Crippen LogP contribution in [0.3, 0.4) is 0 Å². The number of para-hydroxylation sites is 1. The van der Waals surface area contributed by atoms with Gasteiger partial charge in [0.25, 0.3) is 0 Å². The SMILES string of the molecule is CCOc1cc(/C=N\Nc2nc(Nc3ccccc3)nc(N3CCCCC3)n2)ccc1OC(=O)c1ccccc1. The third kappa shape index (κ3) is 7.10. The Morgan fingerprint density at radius 1 is 0.900 bits per heavy atom. The summed E-state index contributed by atoms with van der Waals surface area (Å²) in [5.74, 6) is 1.68. The number of carbonyl (C=O) groups excluding carboxylic acids is 1. The summed E-state index contributed by atoms with van der Waals surface area (Å²) >= 11 is 0. The monoisotopic (exact) mass is 537 g/mol. The van der Waals surface area contributed by atoms with E-state index in [4.69, 9.17) is 9.47 Å². The summed E-state index contributed by atoms with van der Waals surface area (Å²) in [4.78, 5) is 28.5. The molecule has 0 amide bonds. The second kappa shape index (κ2) is 13.2. The van der Waals surface area contributed by atoms with E-state index >= 15 is 0 Å². The molecule has 10 nitrogen and oxygen atoms in total. The van der Waals surface area contributed by atoms with E-state index in [2.05, 4.69) is 35.7 Å². The van der Waals surface area contributed by atoms with Gasteiger partial charge in [0, 0.05) is 18.8 Å². The van der Waals surface area contributed by atoms with Gasteiger partial charge in [0.15, 0.2) is 11.5 Å².